The average Bonchev–Trinajstić information content (AvgIpc) is 2.27. The SMILES string of the molecule is CCOCC(C)Oc1cnccc1C#N. The van der Waals surface area contributed by atoms with Crippen LogP contribution in [0, 0.1) is 11.3 Å². The zero-order valence-electron chi connectivity index (χ0n) is 8.93. The maximum Gasteiger partial charge on any atom is 0.155 e. The zero-order chi connectivity index (χ0) is 11.1. The first kappa shape index (κ1) is 11.5. The van der Waals surface area contributed by atoms with Crippen molar-refractivity contribution in [1.82, 2.24) is 4.98 Å². The molecule has 0 radical (unpaired) electrons. The third kappa shape index (κ3) is 3.56. The van der Waals surface area contributed by atoms with E-state index in [4.69, 9.17) is 14.7 Å². The van der Waals surface area contributed by atoms with E-state index in [1.807, 2.05) is 13.8 Å². The minimum Gasteiger partial charge on any atom is -0.485 e. The summed E-state index contributed by atoms with van der Waals surface area (Å²) in [5.74, 6) is 0.507. The number of nitriles is 1. The molecule has 1 rings (SSSR count). The third-order valence-electron chi connectivity index (χ3n) is 1.79. The van der Waals surface area contributed by atoms with Crippen molar-refractivity contribution >= 4 is 0 Å². The van der Waals surface area contributed by atoms with Gasteiger partial charge in [-0.05, 0) is 19.9 Å². The molecule has 4 nitrogen and oxygen atoms in total. The first-order valence-corrected chi connectivity index (χ1v) is 4.86. The minimum atomic E-state index is -0.0822. The summed E-state index contributed by atoms with van der Waals surface area (Å²) in [6, 6.07) is 3.68. The molecule has 0 aromatic carbocycles. The normalized spacial score (nSPS) is 11.8. The fourth-order valence-electron chi connectivity index (χ4n) is 1.10. The molecule has 1 aromatic heterocycles. The van der Waals surface area contributed by atoms with Crippen LogP contribution < -0.4 is 4.74 Å². The van der Waals surface area contributed by atoms with Crippen molar-refractivity contribution in [2.75, 3.05) is 13.2 Å². The van der Waals surface area contributed by atoms with E-state index in [1.165, 1.54) is 0 Å². The van der Waals surface area contributed by atoms with Crippen LogP contribution in [0.1, 0.15) is 19.4 Å². The number of aromatic nitrogens is 1. The lowest BCUT2D eigenvalue weighted by atomic mass is 10.3. The van der Waals surface area contributed by atoms with E-state index in [-0.39, 0.29) is 6.10 Å². The molecule has 0 aliphatic rings. The molecule has 1 heterocycles. The largest absolute Gasteiger partial charge is 0.485 e. The van der Waals surface area contributed by atoms with Gasteiger partial charge in [0, 0.05) is 12.8 Å². The summed E-state index contributed by atoms with van der Waals surface area (Å²) in [6.07, 6.45) is 3.03. The summed E-state index contributed by atoms with van der Waals surface area (Å²) < 4.78 is 10.7. The third-order valence-corrected chi connectivity index (χ3v) is 1.79. The van der Waals surface area contributed by atoms with Gasteiger partial charge in [0.2, 0.25) is 0 Å². The first-order chi connectivity index (χ1) is 7.27. The predicted octanol–water partition coefficient (Wildman–Crippen LogP) is 1.76. The van der Waals surface area contributed by atoms with Gasteiger partial charge >= 0.3 is 0 Å². The standard InChI is InChI=1S/C11H14N2O2/c1-3-14-8-9(2)15-11-7-13-5-4-10(11)6-12/h4-5,7,9H,3,8H2,1-2H3. The van der Waals surface area contributed by atoms with Crippen LogP contribution in [-0.4, -0.2) is 24.3 Å². The monoisotopic (exact) mass is 206 g/mol. The van der Waals surface area contributed by atoms with E-state index in [2.05, 4.69) is 11.1 Å². The second-order valence-electron chi connectivity index (χ2n) is 3.07. The molecule has 1 unspecified atom stereocenters. The fraction of sp³-hybridized carbons (Fsp3) is 0.455. The predicted molar refractivity (Wildman–Crippen MR) is 55.5 cm³/mol. The number of ether oxygens (including phenoxy) is 2. The van der Waals surface area contributed by atoms with E-state index >= 15 is 0 Å². The first-order valence-electron chi connectivity index (χ1n) is 4.86. The Morgan fingerprint density at radius 2 is 2.40 bits per heavy atom. The van der Waals surface area contributed by atoms with Crippen LogP contribution in [0.4, 0.5) is 0 Å². The summed E-state index contributed by atoms with van der Waals surface area (Å²) in [6.45, 7) is 4.99. The molecule has 1 aromatic rings. The average molecular weight is 206 g/mol. The van der Waals surface area contributed by atoms with Crippen molar-refractivity contribution in [1.29, 1.82) is 5.26 Å². The van der Waals surface area contributed by atoms with Crippen molar-refractivity contribution in [2.24, 2.45) is 0 Å². The Hall–Kier alpha value is -1.60. The molecule has 1 atom stereocenters. The highest BCUT2D eigenvalue weighted by molar-refractivity contribution is 5.40. The Balaban J connectivity index is 2.60. The highest BCUT2D eigenvalue weighted by Gasteiger charge is 2.07. The van der Waals surface area contributed by atoms with Gasteiger partial charge in [0.15, 0.2) is 5.75 Å². The molecule has 4 heteroatoms. The van der Waals surface area contributed by atoms with Gasteiger partial charge in [-0.3, -0.25) is 4.98 Å². The lowest BCUT2D eigenvalue weighted by Gasteiger charge is -2.14. The topological polar surface area (TPSA) is 55.1 Å². The zero-order valence-corrected chi connectivity index (χ0v) is 8.93. The maximum atomic E-state index is 8.82. The van der Waals surface area contributed by atoms with Gasteiger partial charge in [-0.15, -0.1) is 0 Å². The molecule has 80 valence electrons. The number of hydrogen-bond donors (Lipinski definition) is 0. The molecular weight excluding hydrogens is 192 g/mol. The minimum absolute atomic E-state index is 0.0822. The molecule has 0 spiro atoms. The van der Waals surface area contributed by atoms with Crippen molar-refractivity contribution in [3.63, 3.8) is 0 Å². The van der Waals surface area contributed by atoms with E-state index in [9.17, 15) is 0 Å². The van der Waals surface area contributed by atoms with Gasteiger partial charge in [-0.2, -0.15) is 5.26 Å². The van der Waals surface area contributed by atoms with E-state index in [0.717, 1.165) is 0 Å². The summed E-state index contributed by atoms with van der Waals surface area (Å²) in [7, 11) is 0. The maximum absolute atomic E-state index is 8.82. The van der Waals surface area contributed by atoms with Crippen LogP contribution in [0.15, 0.2) is 18.5 Å². The quantitative estimate of drug-likeness (QED) is 0.736. The van der Waals surface area contributed by atoms with Crippen LogP contribution in [0.5, 0.6) is 5.75 Å². The van der Waals surface area contributed by atoms with Crippen LogP contribution in [0.25, 0.3) is 0 Å². The summed E-state index contributed by atoms with van der Waals surface area (Å²) in [5.41, 5.74) is 0.494. The van der Waals surface area contributed by atoms with Crippen LogP contribution in [0.2, 0.25) is 0 Å². The Morgan fingerprint density at radius 1 is 1.60 bits per heavy atom. The molecule has 0 saturated carbocycles. The highest BCUT2D eigenvalue weighted by atomic mass is 16.5. The molecular formula is C11H14N2O2. The molecule has 0 saturated heterocycles. The van der Waals surface area contributed by atoms with Crippen LogP contribution in [0.3, 0.4) is 0 Å². The van der Waals surface area contributed by atoms with Crippen molar-refractivity contribution in [3.05, 3.63) is 24.0 Å². The van der Waals surface area contributed by atoms with E-state index < -0.39 is 0 Å². The van der Waals surface area contributed by atoms with Gasteiger partial charge in [0.25, 0.3) is 0 Å². The van der Waals surface area contributed by atoms with Crippen molar-refractivity contribution in [3.8, 4) is 11.8 Å². The molecule has 0 fully saturated rings. The summed E-state index contributed by atoms with van der Waals surface area (Å²) in [4.78, 5) is 3.91. The van der Waals surface area contributed by atoms with E-state index in [0.29, 0.717) is 24.5 Å². The molecule has 0 aliphatic heterocycles. The lowest BCUT2D eigenvalue weighted by Crippen LogP contribution is -2.19. The Bertz CT molecular complexity index is 347. The highest BCUT2D eigenvalue weighted by Crippen LogP contribution is 2.16. The Morgan fingerprint density at radius 3 is 3.07 bits per heavy atom. The smallest absolute Gasteiger partial charge is 0.155 e. The van der Waals surface area contributed by atoms with Crippen LogP contribution in [-0.2, 0) is 4.74 Å². The second-order valence-corrected chi connectivity index (χ2v) is 3.07. The second kappa shape index (κ2) is 5.99. The van der Waals surface area contributed by atoms with Gasteiger partial charge in [0.05, 0.1) is 18.4 Å². The molecule has 0 N–H and O–H groups in total. The van der Waals surface area contributed by atoms with Crippen LogP contribution >= 0.6 is 0 Å². The summed E-state index contributed by atoms with van der Waals surface area (Å²) in [5, 5.41) is 8.82. The molecule has 0 bridgehead atoms. The van der Waals surface area contributed by atoms with Gasteiger partial charge in [-0.1, -0.05) is 0 Å². The van der Waals surface area contributed by atoms with E-state index in [1.54, 1.807) is 18.5 Å². The number of rotatable bonds is 5. The number of hydrogen-bond acceptors (Lipinski definition) is 4. The van der Waals surface area contributed by atoms with Gasteiger partial charge < -0.3 is 9.47 Å². The molecule has 0 amide bonds. The summed E-state index contributed by atoms with van der Waals surface area (Å²) >= 11 is 0. The van der Waals surface area contributed by atoms with Gasteiger partial charge in [0.1, 0.15) is 12.2 Å². The lowest BCUT2D eigenvalue weighted by molar-refractivity contribution is 0.0654. The number of nitrogens with zero attached hydrogens (tertiary/aromatic N) is 2. The fourth-order valence-corrected chi connectivity index (χ4v) is 1.10. The molecule has 15 heavy (non-hydrogen) atoms. The molecule has 0 aliphatic carbocycles. The van der Waals surface area contributed by atoms with Crippen molar-refractivity contribution in [2.45, 2.75) is 20.0 Å². The van der Waals surface area contributed by atoms with Gasteiger partial charge in [-0.25, -0.2) is 0 Å². The number of pyridine rings is 1. The Kier molecular flexibility index (Phi) is 4.58. The Labute approximate surface area is 89.5 Å². The van der Waals surface area contributed by atoms with Crippen molar-refractivity contribution < 1.29 is 9.47 Å².